The summed E-state index contributed by atoms with van der Waals surface area (Å²) in [6.07, 6.45) is 9.29. The van der Waals surface area contributed by atoms with Crippen LogP contribution < -0.4 is 10.2 Å². The van der Waals surface area contributed by atoms with E-state index in [1.807, 2.05) is 18.3 Å². The van der Waals surface area contributed by atoms with Gasteiger partial charge in [0.1, 0.15) is 12.0 Å². The van der Waals surface area contributed by atoms with Crippen LogP contribution in [0.2, 0.25) is 5.02 Å². The first kappa shape index (κ1) is 19.4. The molecule has 7 nitrogen and oxygen atoms in total. The zero-order valence-electron chi connectivity index (χ0n) is 16.3. The second kappa shape index (κ2) is 8.61. The van der Waals surface area contributed by atoms with Crippen LogP contribution in [-0.4, -0.2) is 38.7 Å². The predicted octanol–water partition coefficient (Wildman–Crippen LogP) is 3.73. The molecule has 3 aromatic rings. The second-order valence-electron chi connectivity index (χ2n) is 7.43. The molecule has 1 aliphatic rings. The van der Waals surface area contributed by atoms with Gasteiger partial charge >= 0.3 is 0 Å². The van der Waals surface area contributed by atoms with Gasteiger partial charge in [-0.1, -0.05) is 30.7 Å². The van der Waals surface area contributed by atoms with Gasteiger partial charge in [0.25, 0.3) is 0 Å². The number of piperidine rings is 1. The lowest BCUT2D eigenvalue weighted by Gasteiger charge is -2.32. The number of benzene rings is 1. The summed E-state index contributed by atoms with van der Waals surface area (Å²) >= 11 is 5.99. The van der Waals surface area contributed by atoms with Gasteiger partial charge < -0.3 is 10.2 Å². The van der Waals surface area contributed by atoms with Crippen LogP contribution in [0.4, 0.5) is 11.4 Å². The predicted molar refractivity (Wildman–Crippen MR) is 114 cm³/mol. The molecule has 0 radical (unpaired) electrons. The number of anilines is 2. The number of carbonyl (C=O) groups excluding carboxylic acids is 1. The average Bonchev–Trinajstić information content (AvgIpc) is 3.17. The highest BCUT2D eigenvalue weighted by atomic mass is 35.5. The maximum absolute atomic E-state index is 12.4. The van der Waals surface area contributed by atoms with E-state index in [-0.39, 0.29) is 12.3 Å². The van der Waals surface area contributed by atoms with Gasteiger partial charge in [-0.15, -0.1) is 0 Å². The highest BCUT2D eigenvalue weighted by Crippen LogP contribution is 2.26. The Labute approximate surface area is 174 Å². The first-order chi connectivity index (χ1) is 14.1. The van der Waals surface area contributed by atoms with Gasteiger partial charge in [-0.25, -0.2) is 14.6 Å². The fraction of sp³-hybridized carbons (Fsp3) is 0.333. The van der Waals surface area contributed by atoms with Crippen molar-refractivity contribution in [3.05, 3.63) is 59.8 Å². The minimum atomic E-state index is -0.125. The molecule has 8 heteroatoms. The van der Waals surface area contributed by atoms with Crippen LogP contribution in [0, 0.1) is 5.92 Å². The molecule has 1 saturated heterocycles. The van der Waals surface area contributed by atoms with Gasteiger partial charge in [0.05, 0.1) is 30.7 Å². The van der Waals surface area contributed by atoms with Crippen LogP contribution in [0.3, 0.4) is 0 Å². The molecule has 0 unspecified atom stereocenters. The Morgan fingerprint density at radius 1 is 1.28 bits per heavy atom. The van der Waals surface area contributed by atoms with Gasteiger partial charge in [0.15, 0.2) is 5.82 Å². The molecule has 2 aromatic heterocycles. The average molecular weight is 411 g/mol. The van der Waals surface area contributed by atoms with Gasteiger partial charge in [0, 0.05) is 18.1 Å². The van der Waals surface area contributed by atoms with Gasteiger partial charge in [-0.05, 0) is 36.5 Å². The third-order valence-electron chi connectivity index (χ3n) is 5.13. The molecule has 29 heavy (non-hydrogen) atoms. The maximum atomic E-state index is 12.4. The zero-order valence-corrected chi connectivity index (χ0v) is 17.0. The van der Waals surface area contributed by atoms with Crippen LogP contribution in [0.25, 0.3) is 5.82 Å². The van der Waals surface area contributed by atoms with Crippen molar-refractivity contribution in [3.8, 4) is 5.82 Å². The van der Waals surface area contributed by atoms with E-state index in [9.17, 15) is 4.79 Å². The van der Waals surface area contributed by atoms with Crippen molar-refractivity contribution < 1.29 is 4.79 Å². The standard InChI is InChI=1S/C21H23ClN6O/c1-15-5-7-27(8-6-15)19-12-23-14-24-21(19)28-13-18(11-25-28)26-20(29)10-16-3-2-4-17(22)9-16/h2-4,9,11-15H,5-8,10H2,1H3,(H,26,29). The smallest absolute Gasteiger partial charge is 0.228 e. The summed E-state index contributed by atoms with van der Waals surface area (Å²) in [5, 5.41) is 7.89. The Hall–Kier alpha value is -2.93. The molecule has 1 fully saturated rings. The molecule has 1 aromatic carbocycles. The van der Waals surface area contributed by atoms with E-state index in [0.29, 0.717) is 16.5 Å². The lowest BCUT2D eigenvalue weighted by atomic mass is 9.99. The fourth-order valence-corrected chi connectivity index (χ4v) is 3.72. The van der Waals surface area contributed by atoms with E-state index in [4.69, 9.17) is 11.6 Å². The number of hydrogen-bond acceptors (Lipinski definition) is 5. The number of hydrogen-bond donors (Lipinski definition) is 1. The number of halogens is 1. The molecule has 0 spiro atoms. The number of aromatic nitrogens is 4. The molecule has 0 saturated carbocycles. The molecule has 150 valence electrons. The minimum Gasteiger partial charge on any atom is -0.367 e. The van der Waals surface area contributed by atoms with E-state index in [0.717, 1.165) is 43.1 Å². The summed E-state index contributed by atoms with van der Waals surface area (Å²) in [5.41, 5.74) is 2.44. The van der Waals surface area contributed by atoms with Crippen molar-refractivity contribution in [2.24, 2.45) is 5.92 Å². The monoisotopic (exact) mass is 410 g/mol. The Balaban J connectivity index is 1.47. The quantitative estimate of drug-likeness (QED) is 0.693. The van der Waals surface area contributed by atoms with Crippen molar-refractivity contribution in [3.63, 3.8) is 0 Å². The highest BCUT2D eigenvalue weighted by Gasteiger charge is 2.20. The molecule has 0 aliphatic carbocycles. The minimum absolute atomic E-state index is 0.125. The van der Waals surface area contributed by atoms with Gasteiger partial charge in [0.2, 0.25) is 5.91 Å². The van der Waals surface area contributed by atoms with E-state index >= 15 is 0 Å². The van der Waals surface area contributed by atoms with Gasteiger partial charge in [-0.2, -0.15) is 5.10 Å². The molecule has 4 rings (SSSR count). The van der Waals surface area contributed by atoms with Crippen molar-refractivity contribution in [2.45, 2.75) is 26.2 Å². The topological polar surface area (TPSA) is 75.9 Å². The van der Waals surface area contributed by atoms with Crippen LogP contribution in [0.15, 0.2) is 49.2 Å². The molecule has 0 bridgehead atoms. The number of nitrogens with one attached hydrogen (secondary N) is 1. The molecule has 1 amide bonds. The summed E-state index contributed by atoms with van der Waals surface area (Å²) in [5.74, 6) is 1.33. The first-order valence-corrected chi connectivity index (χ1v) is 10.1. The zero-order chi connectivity index (χ0) is 20.2. The largest absolute Gasteiger partial charge is 0.367 e. The van der Waals surface area contributed by atoms with Crippen LogP contribution in [-0.2, 0) is 11.2 Å². The van der Waals surface area contributed by atoms with Crippen LogP contribution in [0.5, 0.6) is 0 Å². The molecule has 1 aliphatic heterocycles. The SMILES string of the molecule is CC1CCN(c2cncnc2-n2cc(NC(=O)Cc3cccc(Cl)c3)cn2)CC1. The number of nitrogens with zero attached hydrogens (tertiary/aromatic N) is 5. The van der Waals surface area contributed by atoms with Crippen molar-refractivity contribution in [1.29, 1.82) is 0 Å². The van der Waals surface area contributed by atoms with E-state index in [1.165, 1.54) is 6.33 Å². The maximum Gasteiger partial charge on any atom is 0.228 e. The Morgan fingerprint density at radius 3 is 2.90 bits per heavy atom. The second-order valence-corrected chi connectivity index (χ2v) is 7.87. The van der Waals surface area contributed by atoms with E-state index < -0.39 is 0 Å². The van der Waals surface area contributed by atoms with Crippen molar-refractivity contribution in [1.82, 2.24) is 19.7 Å². The summed E-state index contributed by atoms with van der Waals surface area (Å²) < 4.78 is 1.68. The Morgan fingerprint density at radius 2 is 2.10 bits per heavy atom. The Bertz CT molecular complexity index is 996. The Kier molecular flexibility index (Phi) is 5.76. The first-order valence-electron chi connectivity index (χ1n) is 9.73. The summed E-state index contributed by atoms with van der Waals surface area (Å²) in [6.45, 7) is 4.24. The molecular formula is C21H23ClN6O. The van der Waals surface area contributed by atoms with E-state index in [1.54, 1.807) is 29.2 Å². The normalized spacial score (nSPS) is 14.8. The fourth-order valence-electron chi connectivity index (χ4n) is 3.51. The van der Waals surface area contributed by atoms with E-state index in [2.05, 4.69) is 32.2 Å². The molecular weight excluding hydrogens is 388 g/mol. The lowest BCUT2D eigenvalue weighted by molar-refractivity contribution is -0.115. The molecule has 1 N–H and O–H groups in total. The summed E-state index contributed by atoms with van der Waals surface area (Å²) in [4.78, 5) is 23.3. The lowest BCUT2D eigenvalue weighted by Crippen LogP contribution is -2.33. The van der Waals surface area contributed by atoms with Crippen molar-refractivity contribution >= 4 is 28.9 Å². The molecule has 3 heterocycles. The van der Waals surface area contributed by atoms with Gasteiger partial charge in [-0.3, -0.25) is 4.79 Å². The third-order valence-corrected chi connectivity index (χ3v) is 5.37. The molecule has 0 atom stereocenters. The third kappa shape index (κ3) is 4.74. The summed E-state index contributed by atoms with van der Waals surface area (Å²) in [7, 11) is 0. The van der Waals surface area contributed by atoms with Crippen molar-refractivity contribution in [2.75, 3.05) is 23.3 Å². The highest BCUT2D eigenvalue weighted by molar-refractivity contribution is 6.30. The number of rotatable bonds is 5. The summed E-state index contributed by atoms with van der Waals surface area (Å²) in [6, 6.07) is 7.29. The number of amides is 1. The number of carbonyl (C=O) groups is 1. The van der Waals surface area contributed by atoms with Crippen LogP contribution in [0.1, 0.15) is 25.3 Å². The van der Waals surface area contributed by atoms with Crippen LogP contribution >= 0.6 is 11.6 Å².